The van der Waals surface area contributed by atoms with E-state index in [1.807, 2.05) is 30.3 Å². The summed E-state index contributed by atoms with van der Waals surface area (Å²) in [5, 5.41) is 6.36. The minimum absolute atomic E-state index is 0.210. The molecule has 2 aromatic rings. The van der Waals surface area contributed by atoms with Gasteiger partial charge >= 0.3 is 0 Å². The van der Waals surface area contributed by atoms with E-state index in [4.69, 9.17) is 10.5 Å². The molecule has 0 bridgehead atoms. The molecule has 4 N–H and O–H groups in total. The van der Waals surface area contributed by atoms with Gasteiger partial charge in [0.2, 0.25) is 0 Å². The molecule has 2 aromatic carbocycles. The van der Waals surface area contributed by atoms with E-state index < -0.39 is 0 Å². The zero-order chi connectivity index (χ0) is 23.7. The van der Waals surface area contributed by atoms with Crippen LogP contribution in [-0.2, 0) is 4.74 Å². The van der Waals surface area contributed by atoms with E-state index in [-0.39, 0.29) is 11.4 Å². The number of allylic oxidation sites excluding steroid dienone is 2. The molecule has 33 heavy (non-hydrogen) atoms. The highest BCUT2D eigenvalue weighted by atomic mass is 16.5. The maximum Gasteiger partial charge on any atom is 0.255 e. The first-order chi connectivity index (χ1) is 15.9. The van der Waals surface area contributed by atoms with E-state index in [9.17, 15) is 4.79 Å². The summed E-state index contributed by atoms with van der Waals surface area (Å²) in [6.07, 6.45) is 9.00. The van der Waals surface area contributed by atoms with Gasteiger partial charge in [-0.3, -0.25) is 4.79 Å². The standard InChI is InChI=1S/C28H31N3O2/c1-21(11-12-22(2)33-3)31-28(18-7-4-8-19-28)20-17-23-13-15-24(16-14-23)27(32)30-26-10-6-5-9-25(26)29/h5-6,9-16,31H,1-2,4,7-8,18-19,29H2,3H3,(H,30,32)/b12-11-. The van der Waals surface area contributed by atoms with Gasteiger partial charge < -0.3 is 21.1 Å². The molecule has 0 atom stereocenters. The number of carbonyl (C=O) groups excluding carboxylic acids is 1. The maximum atomic E-state index is 12.5. The zero-order valence-corrected chi connectivity index (χ0v) is 19.1. The average molecular weight is 442 g/mol. The maximum absolute atomic E-state index is 12.5. The molecule has 1 amide bonds. The van der Waals surface area contributed by atoms with Gasteiger partial charge in [0.25, 0.3) is 5.91 Å². The van der Waals surface area contributed by atoms with Gasteiger partial charge in [-0.15, -0.1) is 0 Å². The van der Waals surface area contributed by atoms with Crippen molar-refractivity contribution in [2.24, 2.45) is 0 Å². The number of rotatable bonds is 7. The normalized spacial score (nSPS) is 14.6. The van der Waals surface area contributed by atoms with Crippen molar-refractivity contribution in [3.63, 3.8) is 0 Å². The first-order valence-electron chi connectivity index (χ1n) is 11.1. The Morgan fingerprint density at radius 1 is 1.06 bits per heavy atom. The first-order valence-corrected chi connectivity index (χ1v) is 11.1. The second-order valence-electron chi connectivity index (χ2n) is 8.17. The van der Waals surface area contributed by atoms with Crippen LogP contribution in [0.25, 0.3) is 0 Å². The zero-order valence-electron chi connectivity index (χ0n) is 19.1. The smallest absolute Gasteiger partial charge is 0.255 e. The van der Waals surface area contributed by atoms with Crippen LogP contribution in [-0.4, -0.2) is 18.6 Å². The summed E-state index contributed by atoms with van der Waals surface area (Å²) < 4.78 is 5.07. The van der Waals surface area contributed by atoms with Gasteiger partial charge in [0.1, 0.15) is 5.76 Å². The van der Waals surface area contributed by atoms with Crippen LogP contribution in [0.1, 0.15) is 48.0 Å². The summed E-state index contributed by atoms with van der Waals surface area (Å²) in [6.45, 7) is 7.90. The lowest BCUT2D eigenvalue weighted by Gasteiger charge is -2.34. The summed E-state index contributed by atoms with van der Waals surface area (Å²) in [4.78, 5) is 12.5. The molecule has 0 saturated heterocycles. The predicted molar refractivity (Wildman–Crippen MR) is 136 cm³/mol. The highest BCUT2D eigenvalue weighted by Gasteiger charge is 2.29. The fraction of sp³-hybridized carbons (Fsp3) is 0.250. The van der Waals surface area contributed by atoms with Crippen LogP contribution >= 0.6 is 0 Å². The monoisotopic (exact) mass is 441 g/mol. The molecule has 1 aliphatic carbocycles. The van der Waals surface area contributed by atoms with Gasteiger partial charge in [-0.2, -0.15) is 0 Å². The van der Waals surface area contributed by atoms with Crippen LogP contribution in [0.2, 0.25) is 0 Å². The number of nitrogens with two attached hydrogens (primary N) is 1. The SMILES string of the molecule is C=C(/C=C\C(=C)OC)NC1(C#Cc2ccc(C(=O)Nc3ccccc3N)cc2)CCCCC1. The van der Waals surface area contributed by atoms with Gasteiger partial charge in [0.15, 0.2) is 0 Å². The molecule has 1 fully saturated rings. The van der Waals surface area contributed by atoms with E-state index >= 15 is 0 Å². The third kappa shape index (κ3) is 6.78. The molecule has 170 valence electrons. The number of para-hydroxylation sites is 2. The van der Waals surface area contributed by atoms with Crippen LogP contribution in [0.4, 0.5) is 11.4 Å². The Bertz CT molecular complexity index is 1100. The van der Waals surface area contributed by atoms with Crippen molar-refractivity contribution in [3.05, 3.63) is 96.4 Å². The second kappa shape index (κ2) is 11.1. The van der Waals surface area contributed by atoms with Crippen LogP contribution in [0.3, 0.4) is 0 Å². The number of benzene rings is 2. The lowest BCUT2D eigenvalue weighted by Crippen LogP contribution is -2.44. The topological polar surface area (TPSA) is 76.4 Å². The van der Waals surface area contributed by atoms with E-state index in [1.165, 1.54) is 6.42 Å². The summed E-state index contributed by atoms with van der Waals surface area (Å²) in [5.41, 5.74) is 8.89. The number of anilines is 2. The average Bonchev–Trinajstić information content (AvgIpc) is 2.83. The molecule has 3 rings (SSSR count). The largest absolute Gasteiger partial charge is 0.497 e. The van der Waals surface area contributed by atoms with Gasteiger partial charge in [-0.1, -0.05) is 56.4 Å². The van der Waals surface area contributed by atoms with Gasteiger partial charge in [0, 0.05) is 16.8 Å². The number of hydrogen-bond acceptors (Lipinski definition) is 4. The van der Waals surface area contributed by atoms with Gasteiger partial charge in [0.05, 0.1) is 24.0 Å². The molecule has 0 aromatic heterocycles. The van der Waals surface area contributed by atoms with E-state index in [0.29, 0.717) is 22.7 Å². The van der Waals surface area contributed by atoms with Crippen molar-refractivity contribution in [2.75, 3.05) is 18.2 Å². The van der Waals surface area contributed by atoms with Gasteiger partial charge in [-0.05, 0) is 61.4 Å². The van der Waals surface area contributed by atoms with Gasteiger partial charge in [-0.25, -0.2) is 0 Å². The number of amides is 1. The summed E-state index contributed by atoms with van der Waals surface area (Å²) >= 11 is 0. The Morgan fingerprint density at radius 2 is 1.76 bits per heavy atom. The van der Waals surface area contributed by atoms with E-state index in [1.54, 1.807) is 37.5 Å². The lowest BCUT2D eigenvalue weighted by atomic mass is 9.81. The van der Waals surface area contributed by atoms with Crippen LogP contribution in [0.15, 0.2) is 85.3 Å². The number of nitrogen functional groups attached to an aromatic ring is 1. The molecule has 0 aliphatic heterocycles. The molecule has 5 heteroatoms. The quantitative estimate of drug-likeness (QED) is 0.233. The molecule has 5 nitrogen and oxygen atoms in total. The molecule has 0 unspecified atom stereocenters. The van der Waals surface area contributed by atoms with Crippen LogP contribution in [0, 0.1) is 11.8 Å². The molecular weight excluding hydrogens is 410 g/mol. The highest BCUT2D eigenvalue weighted by Crippen LogP contribution is 2.29. The first kappa shape index (κ1) is 23.7. The number of ether oxygens (including phenoxy) is 1. The summed E-state index contributed by atoms with van der Waals surface area (Å²) in [6, 6.07) is 14.5. The molecule has 1 aliphatic rings. The van der Waals surface area contributed by atoms with Crippen molar-refractivity contribution in [2.45, 2.75) is 37.6 Å². The molecule has 0 radical (unpaired) electrons. The Morgan fingerprint density at radius 3 is 2.42 bits per heavy atom. The number of methoxy groups -OCH3 is 1. The van der Waals surface area contributed by atoms with Crippen molar-refractivity contribution < 1.29 is 9.53 Å². The minimum Gasteiger partial charge on any atom is -0.497 e. The third-order valence-electron chi connectivity index (χ3n) is 5.64. The Labute approximate surface area is 196 Å². The Hall–Kier alpha value is -3.91. The molecule has 1 saturated carbocycles. The lowest BCUT2D eigenvalue weighted by molar-refractivity contribution is 0.102. The molecule has 0 heterocycles. The van der Waals surface area contributed by atoms with Crippen molar-refractivity contribution >= 4 is 17.3 Å². The van der Waals surface area contributed by atoms with Crippen LogP contribution < -0.4 is 16.4 Å². The molecular formula is C28H31N3O2. The van der Waals surface area contributed by atoms with E-state index in [0.717, 1.165) is 36.9 Å². The summed E-state index contributed by atoms with van der Waals surface area (Å²) in [7, 11) is 1.59. The van der Waals surface area contributed by atoms with Crippen LogP contribution in [0.5, 0.6) is 0 Å². The Kier molecular flexibility index (Phi) is 7.99. The number of nitrogens with one attached hydrogen (secondary N) is 2. The Balaban J connectivity index is 1.71. The minimum atomic E-state index is -0.324. The summed E-state index contributed by atoms with van der Waals surface area (Å²) in [5.74, 6) is 7.10. The molecule has 0 spiro atoms. The van der Waals surface area contributed by atoms with Crippen molar-refractivity contribution in [1.82, 2.24) is 5.32 Å². The van der Waals surface area contributed by atoms with Crippen molar-refractivity contribution in [3.8, 4) is 11.8 Å². The van der Waals surface area contributed by atoms with E-state index in [2.05, 4.69) is 35.6 Å². The number of carbonyl (C=O) groups is 1. The predicted octanol–water partition coefficient (Wildman–Crippen LogP) is 5.40. The number of hydrogen-bond donors (Lipinski definition) is 3. The second-order valence-corrected chi connectivity index (χ2v) is 8.17. The van der Waals surface area contributed by atoms with Crippen molar-refractivity contribution in [1.29, 1.82) is 0 Å². The fourth-order valence-corrected chi connectivity index (χ4v) is 3.75. The fourth-order valence-electron chi connectivity index (χ4n) is 3.75. The third-order valence-corrected chi connectivity index (χ3v) is 5.64. The highest BCUT2D eigenvalue weighted by molar-refractivity contribution is 6.05.